The van der Waals surface area contributed by atoms with Crippen molar-refractivity contribution in [1.82, 2.24) is 10.6 Å². The Morgan fingerprint density at radius 3 is 3.00 bits per heavy atom. The number of benzene rings is 1. The van der Waals surface area contributed by atoms with Crippen LogP contribution in [0.5, 0.6) is 5.75 Å². The average molecular weight is 349 g/mol. The molecule has 2 heterocycles. The van der Waals surface area contributed by atoms with E-state index in [0.717, 1.165) is 48.4 Å². The van der Waals surface area contributed by atoms with E-state index in [4.69, 9.17) is 4.74 Å². The normalized spacial score (nSPS) is 23.6. The quantitative estimate of drug-likeness (QED) is 0.774. The molecule has 1 aromatic rings. The predicted molar refractivity (Wildman–Crippen MR) is 99.2 cm³/mol. The lowest BCUT2D eigenvalue weighted by Crippen LogP contribution is -2.47. The van der Waals surface area contributed by atoms with Crippen LogP contribution in [0.15, 0.2) is 17.0 Å². The van der Waals surface area contributed by atoms with Crippen molar-refractivity contribution in [3.05, 3.63) is 23.3 Å². The molecule has 1 saturated heterocycles. The SMILES string of the molecule is CCCC(NC(=O)c1cc(SC)cc2c1OC(C)C2)C1CCCN1. The maximum absolute atomic E-state index is 13.0. The Labute approximate surface area is 149 Å². The Balaban J connectivity index is 1.82. The van der Waals surface area contributed by atoms with Gasteiger partial charge in [-0.25, -0.2) is 0 Å². The molecule has 3 atom stereocenters. The molecule has 24 heavy (non-hydrogen) atoms. The Bertz CT molecular complexity index is 599. The van der Waals surface area contributed by atoms with E-state index in [9.17, 15) is 4.79 Å². The molecule has 5 heteroatoms. The van der Waals surface area contributed by atoms with Crippen LogP contribution in [0.3, 0.4) is 0 Å². The van der Waals surface area contributed by atoms with Crippen molar-refractivity contribution < 1.29 is 9.53 Å². The van der Waals surface area contributed by atoms with Crippen LogP contribution >= 0.6 is 11.8 Å². The molecular formula is C19H28N2O2S. The third kappa shape index (κ3) is 3.72. The topological polar surface area (TPSA) is 50.4 Å². The summed E-state index contributed by atoms with van der Waals surface area (Å²) in [5.74, 6) is 0.788. The fourth-order valence-corrected chi connectivity index (χ4v) is 4.27. The zero-order valence-electron chi connectivity index (χ0n) is 14.9. The summed E-state index contributed by atoms with van der Waals surface area (Å²) in [6.45, 7) is 5.28. The summed E-state index contributed by atoms with van der Waals surface area (Å²) >= 11 is 1.67. The van der Waals surface area contributed by atoms with Gasteiger partial charge in [-0.15, -0.1) is 11.8 Å². The fourth-order valence-electron chi connectivity index (χ4n) is 3.78. The third-order valence-electron chi connectivity index (χ3n) is 4.95. The predicted octanol–water partition coefficient (Wildman–Crippen LogP) is 3.38. The molecule has 0 saturated carbocycles. The summed E-state index contributed by atoms with van der Waals surface area (Å²) in [4.78, 5) is 14.1. The van der Waals surface area contributed by atoms with Crippen LogP contribution in [0, 0.1) is 0 Å². The van der Waals surface area contributed by atoms with E-state index in [1.807, 2.05) is 12.3 Å². The van der Waals surface area contributed by atoms with Crippen molar-refractivity contribution in [3.63, 3.8) is 0 Å². The Hall–Kier alpha value is -1.20. The second-order valence-electron chi connectivity index (χ2n) is 6.87. The summed E-state index contributed by atoms with van der Waals surface area (Å²) in [6.07, 6.45) is 7.48. The molecule has 1 fully saturated rings. The van der Waals surface area contributed by atoms with Crippen LogP contribution < -0.4 is 15.4 Å². The van der Waals surface area contributed by atoms with E-state index in [1.165, 1.54) is 6.42 Å². The van der Waals surface area contributed by atoms with Gasteiger partial charge in [-0.3, -0.25) is 4.79 Å². The van der Waals surface area contributed by atoms with Crippen LogP contribution in [0.25, 0.3) is 0 Å². The molecule has 2 N–H and O–H groups in total. The Morgan fingerprint density at radius 2 is 2.33 bits per heavy atom. The third-order valence-corrected chi connectivity index (χ3v) is 5.65. The minimum absolute atomic E-state index is 0.00315. The molecule has 0 aromatic heterocycles. The van der Waals surface area contributed by atoms with Gasteiger partial charge in [-0.05, 0) is 56.7 Å². The standard InChI is InChI=1S/C19H28N2O2S/c1-4-6-17(16-7-5-8-20-16)21-19(22)15-11-14(24-3)10-13-9-12(2)23-18(13)15/h10-12,16-17,20H,4-9H2,1-3H3,(H,21,22). The first-order valence-electron chi connectivity index (χ1n) is 9.04. The highest BCUT2D eigenvalue weighted by Crippen LogP contribution is 2.36. The first-order valence-corrected chi connectivity index (χ1v) is 10.3. The average Bonchev–Trinajstić information content (AvgIpc) is 3.21. The van der Waals surface area contributed by atoms with E-state index in [2.05, 4.69) is 30.5 Å². The molecule has 1 aromatic carbocycles. The zero-order valence-corrected chi connectivity index (χ0v) is 15.7. The summed E-state index contributed by atoms with van der Waals surface area (Å²) in [5, 5.41) is 6.81. The van der Waals surface area contributed by atoms with Crippen molar-refractivity contribution in [1.29, 1.82) is 0 Å². The van der Waals surface area contributed by atoms with Gasteiger partial charge in [0, 0.05) is 23.4 Å². The lowest BCUT2D eigenvalue weighted by molar-refractivity contribution is 0.0921. The highest BCUT2D eigenvalue weighted by atomic mass is 32.2. The van der Waals surface area contributed by atoms with Gasteiger partial charge in [-0.1, -0.05) is 13.3 Å². The smallest absolute Gasteiger partial charge is 0.255 e. The number of thioether (sulfide) groups is 1. The lowest BCUT2D eigenvalue weighted by Gasteiger charge is -2.25. The summed E-state index contributed by atoms with van der Waals surface area (Å²) in [6, 6.07) is 4.72. The fraction of sp³-hybridized carbons (Fsp3) is 0.632. The summed E-state index contributed by atoms with van der Waals surface area (Å²) in [5.41, 5.74) is 1.85. The van der Waals surface area contributed by atoms with Gasteiger partial charge < -0.3 is 15.4 Å². The molecule has 3 unspecified atom stereocenters. The van der Waals surface area contributed by atoms with E-state index >= 15 is 0 Å². The number of rotatable bonds is 6. The van der Waals surface area contributed by atoms with Crippen LogP contribution in [0.2, 0.25) is 0 Å². The van der Waals surface area contributed by atoms with Gasteiger partial charge in [0.1, 0.15) is 11.9 Å². The number of carbonyl (C=O) groups is 1. The van der Waals surface area contributed by atoms with Gasteiger partial charge in [0.2, 0.25) is 0 Å². The van der Waals surface area contributed by atoms with Gasteiger partial charge in [0.25, 0.3) is 5.91 Å². The lowest BCUT2D eigenvalue weighted by atomic mass is 10.0. The van der Waals surface area contributed by atoms with Crippen molar-refractivity contribution in [2.45, 2.75) is 69.0 Å². The largest absolute Gasteiger partial charge is 0.489 e. The number of amides is 1. The molecule has 132 valence electrons. The highest BCUT2D eigenvalue weighted by Gasteiger charge is 2.29. The molecule has 0 spiro atoms. The highest BCUT2D eigenvalue weighted by molar-refractivity contribution is 7.98. The first kappa shape index (κ1) is 17.6. The second kappa shape index (κ2) is 7.79. The monoisotopic (exact) mass is 348 g/mol. The van der Waals surface area contributed by atoms with Gasteiger partial charge in [0.05, 0.1) is 5.56 Å². The van der Waals surface area contributed by atoms with Crippen molar-refractivity contribution in [2.75, 3.05) is 12.8 Å². The molecule has 1 amide bonds. The zero-order chi connectivity index (χ0) is 17.1. The molecule has 0 bridgehead atoms. The summed E-state index contributed by atoms with van der Waals surface area (Å²) < 4.78 is 5.94. The summed E-state index contributed by atoms with van der Waals surface area (Å²) in [7, 11) is 0. The number of fused-ring (bicyclic) bond motifs is 1. The van der Waals surface area contributed by atoms with Crippen LogP contribution in [0.1, 0.15) is 55.5 Å². The van der Waals surface area contributed by atoms with E-state index in [0.29, 0.717) is 11.6 Å². The molecule has 3 rings (SSSR count). The molecule has 0 aliphatic carbocycles. The van der Waals surface area contributed by atoms with Crippen LogP contribution in [0.4, 0.5) is 0 Å². The van der Waals surface area contributed by atoms with Crippen LogP contribution in [-0.2, 0) is 6.42 Å². The number of carbonyl (C=O) groups excluding carboxylic acids is 1. The number of nitrogens with one attached hydrogen (secondary N) is 2. The second-order valence-corrected chi connectivity index (χ2v) is 7.75. The molecular weight excluding hydrogens is 320 g/mol. The number of hydrogen-bond acceptors (Lipinski definition) is 4. The number of ether oxygens (including phenoxy) is 1. The van der Waals surface area contributed by atoms with E-state index in [-0.39, 0.29) is 18.1 Å². The molecule has 2 aliphatic heterocycles. The van der Waals surface area contributed by atoms with E-state index in [1.54, 1.807) is 11.8 Å². The maximum Gasteiger partial charge on any atom is 0.255 e. The minimum atomic E-state index is 0.00315. The number of hydrogen-bond donors (Lipinski definition) is 2. The maximum atomic E-state index is 13.0. The molecule has 4 nitrogen and oxygen atoms in total. The van der Waals surface area contributed by atoms with Crippen molar-refractivity contribution in [3.8, 4) is 5.75 Å². The van der Waals surface area contributed by atoms with Gasteiger partial charge in [0.15, 0.2) is 0 Å². The molecule has 2 aliphatic rings. The van der Waals surface area contributed by atoms with Crippen molar-refractivity contribution >= 4 is 17.7 Å². The van der Waals surface area contributed by atoms with Crippen molar-refractivity contribution in [2.24, 2.45) is 0 Å². The van der Waals surface area contributed by atoms with Gasteiger partial charge in [-0.2, -0.15) is 0 Å². The first-order chi connectivity index (χ1) is 11.6. The van der Waals surface area contributed by atoms with Gasteiger partial charge >= 0.3 is 0 Å². The Morgan fingerprint density at radius 1 is 1.50 bits per heavy atom. The molecule has 0 radical (unpaired) electrons. The van der Waals surface area contributed by atoms with Crippen LogP contribution in [-0.4, -0.2) is 36.9 Å². The van der Waals surface area contributed by atoms with E-state index < -0.39 is 0 Å². The minimum Gasteiger partial charge on any atom is -0.489 e. The Kier molecular flexibility index (Phi) is 5.72.